The Bertz CT molecular complexity index is 401. The molecule has 0 fully saturated rings. The first-order valence-electron chi connectivity index (χ1n) is 5.79. The molecule has 0 atom stereocenters. The molecule has 3 nitrogen and oxygen atoms in total. The molecule has 0 saturated carbocycles. The molecule has 1 aliphatic heterocycles. The average molecular weight is 218 g/mol. The molecule has 0 aliphatic carbocycles. The number of nitrogens with one attached hydrogen (secondary N) is 1. The highest BCUT2D eigenvalue weighted by molar-refractivity contribution is 5.94. The fraction of sp³-hybridized carbons (Fsp3) is 0.462. The van der Waals surface area contributed by atoms with E-state index < -0.39 is 0 Å². The van der Waals surface area contributed by atoms with Crippen LogP contribution in [0.25, 0.3) is 0 Å². The summed E-state index contributed by atoms with van der Waals surface area (Å²) in [5.74, 6) is 0.0317. The lowest BCUT2D eigenvalue weighted by Gasteiger charge is -2.25. The van der Waals surface area contributed by atoms with Crippen LogP contribution in [0.2, 0.25) is 0 Å². The van der Waals surface area contributed by atoms with Gasteiger partial charge in [0.2, 0.25) is 0 Å². The Morgan fingerprint density at radius 1 is 1.44 bits per heavy atom. The highest BCUT2D eigenvalue weighted by Crippen LogP contribution is 2.19. The van der Waals surface area contributed by atoms with Crippen LogP contribution in [0.4, 0.5) is 0 Å². The van der Waals surface area contributed by atoms with Crippen LogP contribution in [-0.2, 0) is 13.0 Å². The predicted molar refractivity (Wildman–Crippen MR) is 64.5 cm³/mol. The highest BCUT2D eigenvalue weighted by Gasteiger charge is 2.14. The van der Waals surface area contributed by atoms with Crippen molar-refractivity contribution in [1.29, 1.82) is 0 Å². The van der Waals surface area contributed by atoms with Crippen LogP contribution in [0.15, 0.2) is 18.2 Å². The van der Waals surface area contributed by atoms with Crippen molar-refractivity contribution in [2.75, 3.05) is 20.1 Å². The van der Waals surface area contributed by atoms with Gasteiger partial charge in [-0.2, -0.15) is 0 Å². The lowest BCUT2D eigenvalue weighted by atomic mass is 9.97. The van der Waals surface area contributed by atoms with E-state index in [1.807, 2.05) is 19.1 Å². The third-order valence-electron chi connectivity index (χ3n) is 3.01. The molecule has 1 heterocycles. The van der Waals surface area contributed by atoms with Crippen molar-refractivity contribution >= 4 is 5.91 Å². The molecule has 0 radical (unpaired) electrons. The molecule has 1 amide bonds. The summed E-state index contributed by atoms with van der Waals surface area (Å²) >= 11 is 0. The number of hydrogen-bond acceptors (Lipinski definition) is 2. The van der Waals surface area contributed by atoms with Crippen molar-refractivity contribution in [3.8, 4) is 0 Å². The van der Waals surface area contributed by atoms with Gasteiger partial charge in [0.05, 0.1) is 0 Å². The lowest BCUT2D eigenvalue weighted by Crippen LogP contribution is -2.27. The monoisotopic (exact) mass is 218 g/mol. The van der Waals surface area contributed by atoms with Gasteiger partial charge in [-0.3, -0.25) is 4.79 Å². The summed E-state index contributed by atoms with van der Waals surface area (Å²) in [6, 6.07) is 6.03. The van der Waals surface area contributed by atoms with Gasteiger partial charge in [-0.1, -0.05) is 6.07 Å². The van der Waals surface area contributed by atoms with E-state index in [0.29, 0.717) is 6.54 Å². The molecule has 16 heavy (non-hydrogen) atoms. The number of carbonyl (C=O) groups is 1. The summed E-state index contributed by atoms with van der Waals surface area (Å²) in [5, 5.41) is 2.83. The summed E-state index contributed by atoms with van der Waals surface area (Å²) in [6.07, 6.45) is 1.04. The largest absolute Gasteiger partial charge is 0.352 e. The van der Waals surface area contributed by atoms with E-state index in [0.717, 1.165) is 25.1 Å². The van der Waals surface area contributed by atoms with E-state index in [4.69, 9.17) is 0 Å². The number of likely N-dealkylation sites (N-methyl/N-ethyl adjacent to an activating group) is 1. The van der Waals surface area contributed by atoms with Gasteiger partial charge in [-0.25, -0.2) is 0 Å². The molecular formula is C13H18N2O. The molecular weight excluding hydrogens is 200 g/mol. The molecule has 86 valence electrons. The summed E-state index contributed by atoms with van der Waals surface area (Å²) < 4.78 is 0. The van der Waals surface area contributed by atoms with Crippen molar-refractivity contribution in [3.05, 3.63) is 34.9 Å². The Morgan fingerprint density at radius 2 is 2.25 bits per heavy atom. The molecule has 1 aromatic rings. The minimum atomic E-state index is 0.0317. The zero-order valence-electron chi connectivity index (χ0n) is 9.92. The van der Waals surface area contributed by atoms with Crippen molar-refractivity contribution in [3.63, 3.8) is 0 Å². The van der Waals surface area contributed by atoms with Crippen LogP contribution in [0.3, 0.4) is 0 Å². The number of benzene rings is 1. The second kappa shape index (κ2) is 4.66. The van der Waals surface area contributed by atoms with Crippen LogP contribution >= 0.6 is 0 Å². The smallest absolute Gasteiger partial charge is 0.251 e. The maximum Gasteiger partial charge on any atom is 0.251 e. The van der Waals surface area contributed by atoms with Crippen LogP contribution in [0.1, 0.15) is 28.4 Å². The van der Waals surface area contributed by atoms with Gasteiger partial charge in [0.15, 0.2) is 0 Å². The molecule has 0 saturated heterocycles. The van der Waals surface area contributed by atoms with Gasteiger partial charge in [0.25, 0.3) is 5.91 Å². The van der Waals surface area contributed by atoms with Crippen LogP contribution in [0, 0.1) is 0 Å². The Balaban J connectivity index is 2.22. The lowest BCUT2D eigenvalue weighted by molar-refractivity contribution is 0.0955. The second-order valence-electron chi connectivity index (χ2n) is 4.33. The first-order chi connectivity index (χ1) is 7.70. The number of nitrogens with zero attached hydrogens (tertiary/aromatic N) is 1. The second-order valence-corrected chi connectivity index (χ2v) is 4.33. The fourth-order valence-corrected chi connectivity index (χ4v) is 2.10. The molecule has 1 N–H and O–H groups in total. The van der Waals surface area contributed by atoms with Crippen molar-refractivity contribution in [2.45, 2.75) is 19.9 Å². The Kier molecular flexibility index (Phi) is 3.25. The van der Waals surface area contributed by atoms with E-state index in [2.05, 4.69) is 23.3 Å². The Labute approximate surface area is 96.5 Å². The summed E-state index contributed by atoms with van der Waals surface area (Å²) in [5.41, 5.74) is 3.45. The molecule has 1 aromatic carbocycles. The summed E-state index contributed by atoms with van der Waals surface area (Å²) in [7, 11) is 2.13. The Morgan fingerprint density at radius 3 is 3.00 bits per heavy atom. The number of hydrogen-bond donors (Lipinski definition) is 1. The van der Waals surface area contributed by atoms with Crippen LogP contribution < -0.4 is 5.32 Å². The topological polar surface area (TPSA) is 32.3 Å². The van der Waals surface area contributed by atoms with Crippen LogP contribution in [-0.4, -0.2) is 30.9 Å². The molecule has 0 unspecified atom stereocenters. The molecule has 0 bridgehead atoms. The SMILES string of the molecule is CCNC(=O)c1ccc2c(c1)CCN(C)C2. The normalized spacial score (nSPS) is 15.6. The van der Waals surface area contributed by atoms with Crippen molar-refractivity contribution < 1.29 is 4.79 Å². The zero-order chi connectivity index (χ0) is 11.5. The van der Waals surface area contributed by atoms with Crippen molar-refractivity contribution in [2.24, 2.45) is 0 Å². The first kappa shape index (κ1) is 11.1. The fourth-order valence-electron chi connectivity index (χ4n) is 2.10. The van der Waals surface area contributed by atoms with Gasteiger partial charge in [0, 0.05) is 25.2 Å². The average Bonchev–Trinajstić information content (AvgIpc) is 2.28. The number of carbonyl (C=O) groups excluding carboxylic acids is 1. The quantitative estimate of drug-likeness (QED) is 0.814. The maximum atomic E-state index is 11.7. The van der Waals surface area contributed by atoms with E-state index in [1.165, 1.54) is 11.1 Å². The third-order valence-corrected chi connectivity index (χ3v) is 3.01. The molecule has 1 aliphatic rings. The van der Waals surface area contributed by atoms with Gasteiger partial charge in [0.1, 0.15) is 0 Å². The van der Waals surface area contributed by atoms with Gasteiger partial charge in [-0.15, -0.1) is 0 Å². The minimum Gasteiger partial charge on any atom is -0.352 e. The van der Waals surface area contributed by atoms with E-state index in [-0.39, 0.29) is 5.91 Å². The standard InChI is InChI=1S/C13H18N2O/c1-3-14-13(16)11-4-5-12-9-15(2)7-6-10(12)8-11/h4-5,8H,3,6-7,9H2,1-2H3,(H,14,16). The van der Waals surface area contributed by atoms with E-state index in [9.17, 15) is 4.79 Å². The molecule has 0 spiro atoms. The first-order valence-corrected chi connectivity index (χ1v) is 5.79. The minimum absolute atomic E-state index is 0.0317. The van der Waals surface area contributed by atoms with Crippen LogP contribution in [0.5, 0.6) is 0 Å². The predicted octanol–water partition coefficient (Wildman–Crippen LogP) is 1.42. The van der Waals surface area contributed by atoms with Crippen molar-refractivity contribution in [1.82, 2.24) is 10.2 Å². The molecule has 2 rings (SSSR count). The van der Waals surface area contributed by atoms with E-state index in [1.54, 1.807) is 0 Å². The third kappa shape index (κ3) is 2.25. The highest BCUT2D eigenvalue weighted by atomic mass is 16.1. The van der Waals surface area contributed by atoms with Gasteiger partial charge < -0.3 is 10.2 Å². The molecule has 3 heteroatoms. The number of amides is 1. The number of rotatable bonds is 2. The summed E-state index contributed by atoms with van der Waals surface area (Å²) in [4.78, 5) is 14.0. The van der Waals surface area contributed by atoms with Gasteiger partial charge >= 0.3 is 0 Å². The number of fused-ring (bicyclic) bond motifs is 1. The zero-order valence-corrected chi connectivity index (χ0v) is 9.92. The summed E-state index contributed by atoms with van der Waals surface area (Å²) in [6.45, 7) is 4.68. The maximum absolute atomic E-state index is 11.7. The van der Waals surface area contributed by atoms with Gasteiger partial charge in [-0.05, 0) is 43.7 Å². The van der Waals surface area contributed by atoms with E-state index >= 15 is 0 Å². The molecule has 0 aromatic heterocycles. The Hall–Kier alpha value is -1.35.